The van der Waals surface area contributed by atoms with Crippen LogP contribution in [0.2, 0.25) is 0 Å². The lowest BCUT2D eigenvalue weighted by Gasteiger charge is -2.06. The van der Waals surface area contributed by atoms with Crippen molar-refractivity contribution in [3.8, 4) is 5.75 Å². The highest BCUT2D eigenvalue weighted by atomic mass is 35.7. The summed E-state index contributed by atoms with van der Waals surface area (Å²) in [5.74, 6) is 0.686. The smallest absolute Gasteiger partial charge is 0.261 e. The molecule has 0 radical (unpaired) electrons. The fourth-order valence-corrected chi connectivity index (χ4v) is 3.42. The number of unbranched alkanes of at least 4 members (excludes halogenated alkanes) is 10. The van der Waals surface area contributed by atoms with Gasteiger partial charge in [0.1, 0.15) is 5.75 Å². The van der Waals surface area contributed by atoms with E-state index < -0.39 is 9.05 Å². The Bertz CT molecular complexity index is 526. The van der Waals surface area contributed by atoms with Gasteiger partial charge < -0.3 is 4.74 Å². The van der Waals surface area contributed by atoms with Crippen LogP contribution in [0, 0.1) is 0 Å². The largest absolute Gasteiger partial charge is 0.494 e. The van der Waals surface area contributed by atoms with Crippen molar-refractivity contribution in [2.24, 2.45) is 0 Å². The van der Waals surface area contributed by atoms with E-state index in [0.29, 0.717) is 12.4 Å². The maximum Gasteiger partial charge on any atom is 0.261 e. The van der Waals surface area contributed by atoms with Crippen LogP contribution in [0.5, 0.6) is 5.75 Å². The van der Waals surface area contributed by atoms with Crippen molar-refractivity contribution in [2.45, 2.75) is 82.4 Å². The van der Waals surface area contributed by atoms with Crippen molar-refractivity contribution in [2.75, 3.05) is 6.61 Å². The van der Waals surface area contributed by atoms with Gasteiger partial charge in [0.05, 0.1) is 11.5 Å². The summed E-state index contributed by atoms with van der Waals surface area (Å²) in [6, 6.07) is 6.23. The third-order valence-corrected chi connectivity index (χ3v) is 5.49. The van der Waals surface area contributed by atoms with Crippen molar-refractivity contribution in [1.29, 1.82) is 0 Å². The Labute approximate surface area is 152 Å². The van der Waals surface area contributed by atoms with E-state index >= 15 is 0 Å². The lowest BCUT2D eigenvalue weighted by molar-refractivity contribution is 0.304. The van der Waals surface area contributed by atoms with Crippen LogP contribution in [-0.4, -0.2) is 15.0 Å². The average molecular weight is 375 g/mol. The molecule has 1 rings (SSSR count). The van der Waals surface area contributed by atoms with Crippen LogP contribution in [0.25, 0.3) is 0 Å². The standard InChI is InChI=1S/C19H31ClO3S/c1-2-3-4-5-6-7-8-9-10-11-12-17-23-18-13-15-19(16-14-18)24(20,21)22/h13-16H,2-12,17H2,1H3. The molecule has 0 aliphatic carbocycles. The molecule has 3 nitrogen and oxygen atoms in total. The molecule has 0 unspecified atom stereocenters. The van der Waals surface area contributed by atoms with Gasteiger partial charge in [-0.05, 0) is 30.7 Å². The summed E-state index contributed by atoms with van der Waals surface area (Å²) in [6.45, 7) is 2.92. The zero-order valence-corrected chi connectivity index (χ0v) is 16.4. The maximum atomic E-state index is 11.1. The predicted octanol–water partition coefficient (Wildman–Crippen LogP) is 6.30. The second kappa shape index (κ2) is 12.6. The Kier molecular flexibility index (Phi) is 11.2. The van der Waals surface area contributed by atoms with E-state index in [4.69, 9.17) is 15.4 Å². The molecule has 0 saturated heterocycles. The monoisotopic (exact) mass is 374 g/mol. The molecule has 0 amide bonds. The molecule has 0 aliphatic rings. The molecule has 0 bridgehead atoms. The van der Waals surface area contributed by atoms with Crippen molar-refractivity contribution < 1.29 is 13.2 Å². The van der Waals surface area contributed by atoms with Crippen molar-refractivity contribution in [3.05, 3.63) is 24.3 Å². The van der Waals surface area contributed by atoms with E-state index in [0.717, 1.165) is 6.42 Å². The van der Waals surface area contributed by atoms with Crippen molar-refractivity contribution >= 4 is 19.7 Å². The summed E-state index contributed by atoms with van der Waals surface area (Å²) >= 11 is 0. The number of ether oxygens (including phenoxy) is 1. The van der Waals surface area contributed by atoms with Gasteiger partial charge in [0.2, 0.25) is 0 Å². The first-order valence-corrected chi connectivity index (χ1v) is 11.5. The molecule has 0 heterocycles. The third kappa shape index (κ3) is 10.2. The van der Waals surface area contributed by atoms with E-state index in [9.17, 15) is 8.42 Å². The van der Waals surface area contributed by atoms with Gasteiger partial charge in [-0.2, -0.15) is 0 Å². The van der Waals surface area contributed by atoms with Gasteiger partial charge in [-0.15, -0.1) is 0 Å². The van der Waals surface area contributed by atoms with Crippen LogP contribution in [0.3, 0.4) is 0 Å². The SMILES string of the molecule is CCCCCCCCCCCCCOc1ccc(S(=O)(=O)Cl)cc1. The lowest BCUT2D eigenvalue weighted by Crippen LogP contribution is -1.98. The first kappa shape index (κ1) is 21.3. The molecular formula is C19H31ClO3S. The van der Waals surface area contributed by atoms with Crippen LogP contribution in [-0.2, 0) is 9.05 Å². The van der Waals surface area contributed by atoms with Crippen LogP contribution < -0.4 is 4.74 Å². The zero-order chi connectivity index (χ0) is 17.7. The third-order valence-electron chi connectivity index (χ3n) is 4.12. The molecule has 0 fully saturated rings. The second-order valence-electron chi connectivity index (χ2n) is 6.29. The van der Waals surface area contributed by atoms with Gasteiger partial charge >= 0.3 is 0 Å². The Balaban J connectivity index is 1.97. The fourth-order valence-electron chi connectivity index (χ4n) is 2.65. The first-order valence-electron chi connectivity index (χ1n) is 9.21. The quantitative estimate of drug-likeness (QED) is 0.283. The lowest BCUT2D eigenvalue weighted by atomic mass is 10.1. The van der Waals surface area contributed by atoms with Crippen LogP contribution in [0.15, 0.2) is 29.2 Å². The van der Waals surface area contributed by atoms with E-state index in [1.807, 2.05) is 0 Å². The number of halogens is 1. The minimum Gasteiger partial charge on any atom is -0.494 e. The highest BCUT2D eigenvalue weighted by Gasteiger charge is 2.08. The Morgan fingerprint density at radius 3 is 1.71 bits per heavy atom. The molecular weight excluding hydrogens is 344 g/mol. The molecule has 0 aliphatic heterocycles. The maximum absolute atomic E-state index is 11.1. The highest BCUT2D eigenvalue weighted by Crippen LogP contribution is 2.19. The molecule has 1 aromatic rings. The zero-order valence-electron chi connectivity index (χ0n) is 14.8. The van der Waals surface area contributed by atoms with E-state index in [-0.39, 0.29) is 4.90 Å². The summed E-state index contributed by atoms with van der Waals surface area (Å²) in [5, 5.41) is 0. The molecule has 0 spiro atoms. The van der Waals surface area contributed by atoms with Gasteiger partial charge in [-0.3, -0.25) is 0 Å². The second-order valence-corrected chi connectivity index (χ2v) is 8.86. The van der Waals surface area contributed by atoms with Crippen LogP contribution >= 0.6 is 10.7 Å². The molecule has 0 N–H and O–H groups in total. The summed E-state index contributed by atoms with van der Waals surface area (Å²) < 4.78 is 27.9. The van der Waals surface area contributed by atoms with Gasteiger partial charge in [-0.1, -0.05) is 71.1 Å². The number of rotatable bonds is 14. The molecule has 1 aromatic carbocycles. The molecule has 138 valence electrons. The van der Waals surface area contributed by atoms with Crippen molar-refractivity contribution in [3.63, 3.8) is 0 Å². The topological polar surface area (TPSA) is 43.4 Å². The molecule has 0 atom stereocenters. The normalized spacial score (nSPS) is 11.6. The van der Waals surface area contributed by atoms with E-state index in [1.165, 1.54) is 76.3 Å². The van der Waals surface area contributed by atoms with E-state index in [1.54, 1.807) is 12.1 Å². The Morgan fingerprint density at radius 1 is 0.792 bits per heavy atom. The summed E-state index contributed by atoms with van der Waals surface area (Å²) in [4.78, 5) is 0.103. The van der Waals surface area contributed by atoms with E-state index in [2.05, 4.69) is 6.92 Å². The molecule has 5 heteroatoms. The Hall–Kier alpha value is -0.740. The number of benzene rings is 1. The minimum atomic E-state index is -3.65. The van der Waals surface area contributed by atoms with Gasteiger partial charge in [0.25, 0.3) is 9.05 Å². The average Bonchev–Trinajstić information content (AvgIpc) is 2.55. The number of hydrogen-bond donors (Lipinski definition) is 0. The Morgan fingerprint density at radius 2 is 1.25 bits per heavy atom. The highest BCUT2D eigenvalue weighted by molar-refractivity contribution is 8.13. The van der Waals surface area contributed by atoms with Crippen LogP contribution in [0.4, 0.5) is 0 Å². The van der Waals surface area contributed by atoms with Gasteiger partial charge in [-0.25, -0.2) is 8.42 Å². The minimum absolute atomic E-state index is 0.103. The molecule has 0 saturated carbocycles. The summed E-state index contributed by atoms with van der Waals surface area (Å²) in [6.07, 6.45) is 14.4. The summed E-state index contributed by atoms with van der Waals surface area (Å²) in [5.41, 5.74) is 0. The van der Waals surface area contributed by atoms with Crippen LogP contribution in [0.1, 0.15) is 77.6 Å². The predicted molar refractivity (Wildman–Crippen MR) is 101 cm³/mol. The molecule has 0 aromatic heterocycles. The summed E-state index contributed by atoms with van der Waals surface area (Å²) in [7, 11) is 1.62. The fraction of sp³-hybridized carbons (Fsp3) is 0.684. The number of hydrogen-bond acceptors (Lipinski definition) is 3. The van der Waals surface area contributed by atoms with Crippen molar-refractivity contribution in [1.82, 2.24) is 0 Å². The first-order chi connectivity index (χ1) is 11.5. The van der Waals surface area contributed by atoms with Gasteiger partial charge in [0, 0.05) is 10.7 Å². The molecule has 24 heavy (non-hydrogen) atoms. The van der Waals surface area contributed by atoms with Gasteiger partial charge in [0.15, 0.2) is 0 Å².